The Labute approximate surface area is 219 Å². The largest absolute Gasteiger partial charge is 0.429 e. The van der Waals surface area contributed by atoms with E-state index in [1.165, 1.54) is 6.07 Å². The van der Waals surface area contributed by atoms with Crippen molar-refractivity contribution in [3.8, 4) is 28.0 Å². The predicted molar refractivity (Wildman–Crippen MR) is 132 cm³/mol. The molecule has 0 saturated carbocycles. The molecule has 4 rings (SSSR count). The van der Waals surface area contributed by atoms with E-state index in [4.69, 9.17) is 0 Å². The van der Waals surface area contributed by atoms with Crippen molar-refractivity contribution in [2.24, 2.45) is 0 Å². The topological polar surface area (TPSA) is 9.23 Å². The molecular formula is C30H20F8O. The van der Waals surface area contributed by atoms with Crippen LogP contribution in [-0.2, 0) is 6.42 Å². The summed E-state index contributed by atoms with van der Waals surface area (Å²) in [5, 5.41) is 0. The summed E-state index contributed by atoms with van der Waals surface area (Å²) in [4.78, 5) is 0. The van der Waals surface area contributed by atoms with Crippen molar-refractivity contribution in [2.75, 3.05) is 0 Å². The van der Waals surface area contributed by atoms with Gasteiger partial charge >= 0.3 is 6.11 Å². The Hall–Kier alpha value is -4.14. The summed E-state index contributed by atoms with van der Waals surface area (Å²) in [7, 11) is 0. The lowest BCUT2D eigenvalue weighted by Crippen LogP contribution is -2.21. The van der Waals surface area contributed by atoms with E-state index in [0.717, 1.165) is 36.6 Å². The Kier molecular flexibility index (Phi) is 8.09. The van der Waals surface area contributed by atoms with Gasteiger partial charge in [-0.05, 0) is 53.5 Å². The van der Waals surface area contributed by atoms with E-state index in [0.29, 0.717) is 29.8 Å². The molecule has 0 radical (unpaired) electrons. The number of halogens is 8. The van der Waals surface area contributed by atoms with Crippen molar-refractivity contribution in [3.63, 3.8) is 0 Å². The standard InChI is InChI=1S/C30H20F8O/c1-2-3-17-4-6-18(7-5-17)23-10-8-19(27(34)28(23)35)12-13-30(37,38)39-21-9-11-22(24(31)16-21)20-14-25(32)29(36)26(33)15-20/h4-16H,2-3H2,1H3/b13-12+. The van der Waals surface area contributed by atoms with Gasteiger partial charge in [0.1, 0.15) is 11.6 Å². The van der Waals surface area contributed by atoms with Crippen LogP contribution >= 0.6 is 0 Å². The van der Waals surface area contributed by atoms with Gasteiger partial charge in [-0.15, -0.1) is 0 Å². The zero-order valence-electron chi connectivity index (χ0n) is 20.4. The molecule has 0 aliphatic rings. The van der Waals surface area contributed by atoms with Crippen molar-refractivity contribution in [2.45, 2.75) is 25.9 Å². The second-order valence-electron chi connectivity index (χ2n) is 8.67. The minimum absolute atomic E-state index is 0.0350. The first kappa shape index (κ1) is 27.9. The molecule has 0 N–H and O–H groups in total. The van der Waals surface area contributed by atoms with Crippen LogP contribution in [0.15, 0.2) is 72.8 Å². The molecule has 0 aromatic heterocycles. The molecule has 4 aromatic rings. The van der Waals surface area contributed by atoms with E-state index in [2.05, 4.69) is 4.74 Å². The summed E-state index contributed by atoms with van der Waals surface area (Å²) in [6.07, 6.45) is -1.51. The molecule has 0 bridgehead atoms. The first-order valence-electron chi connectivity index (χ1n) is 11.8. The van der Waals surface area contributed by atoms with Gasteiger partial charge < -0.3 is 4.74 Å². The van der Waals surface area contributed by atoms with Crippen molar-refractivity contribution in [1.29, 1.82) is 0 Å². The van der Waals surface area contributed by atoms with E-state index in [-0.39, 0.29) is 17.2 Å². The molecule has 39 heavy (non-hydrogen) atoms. The third-order valence-corrected chi connectivity index (χ3v) is 5.86. The van der Waals surface area contributed by atoms with Crippen LogP contribution in [0.25, 0.3) is 28.3 Å². The van der Waals surface area contributed by atoms with Crippen LogP contribution in [0.3, 0.4) is 0 Å². The highest BCUT2D eigenvalue weighted by molar-refractivity contribution is 5.68. The number of hydrogen-bond donors (Lipinski definition) is 0. The second kappa shape index (κ2) is 11.3. The maximum atomic E-state index is 14.7. The van der Waals surface area contributed by atoms with Gasteiger partial charge in [0.15, 0.2) is 29.1 Å². The van der Waals surface area contributed by atoms with E-state index < -0.39 is 57.9 Å². The molecule has 0 unspecified atom stereocenters. The van der Waals surface area contributed by atoms with E-state index in [9.17, 15) is 35.1 Å². The smallest absolute Gasteiger partial charge is 0.419 e. The van der Waals surface area contributed by atoms with Crippen LogP contribution in [0.5, 0.6) is 5.75 Å². The molecule has 0 amide bonds. The van der Waals surface area contributed by atoms with Crippen LogP contribution in [0.4, 0.5) is 35.1 Å². The molecular weight excluding hydrogens is 528 g/mol. The second-order valence-corrected chi connectivity index (χ2v) is 8.67. The minimum Gasteiger partial charge on any atom is -0.429 e. The molecule has 0 fully saturated rings. The number of alkyl halides is 2. The molecule has 0 heterocycles. The monoisotopic (exact) mass is 548 g/mol. The summed E-state index contributed by atoms with van der Waals surface area (Å²) in [6, 6.07) is 12.8. The Balaban J connectivity index is 1.51. The van der Waals surface area contributed by atoms with Gasteiger partial charge in [-0.3, -0.25) is 0 Å². The average molecular weight is 548 g/mol. The van der Waals surface area contributed by atoms with Gasteiger partial charge in [0.05, 0.1) is 0 Å². The number of aryl methyl sites for hydroxylation is 1. The van der Waals surface area contributed by atoms with Crippen LogP contribution in [-0.4, -0.2) is 6.11 Å². The number of ether oxygens (including phenoxy) is 1. The summed E-state index contributed by atoms with van der Waals surface area (Å²) in [5.41, 5.74) is 0.205. The Morgan fingerprint density at radius 2 is 1.31 bits per heavy atom. The number of benzene rings is 4. The van der Waals surface area contributed by atoms with Crippen molar-refractivity contribution in [3.05, 3.63) is 119 Å². The fourth-order valence-electron chi connectivity index (χ4n) is 3.94. The summed E-state index contributed by atoms with van der Waals surface area (Å²) in [5.74, 6) is -9.24. The molecule has 0 atom stereocenters. The van der Waals surface area contributed by atoms with Crippen LogP contribution in [0, 0.1) is 34.9 Å². The third-order valence-electron chi connectivity index (χ3n) is 5.86. The summed E-state index contributed by atoms with van der Waals surface area (Å²) in [6.45, 7) is 2.01. The number of rotatable bonds is 8. The fourth-order valence-corrected chi connectivity index (χ4v) is 3.94. The Bertz CT molecular complexity index is 1500. The van der Waals surface area contributed by atoms with E-state index in [1.807, 2.05) is 6.92 Å². The minimum atomic E-state index is -4.07. The highest BCUT2D eigenvalue weighted by Crippen LogP contribution is 2.32. The van der Waals surface area contributed by atoms with Crippen molar-refractivity contribution in [1.82, 2.24) is 0 Å². The Morgan fingerprint density at radius 3 is 1.92 bits per heavy atom. The first-order chi connectivity index (χ1) is 18.5. The van der Waals surface area contributed by atoms with Gasteiger partial charge in [0.25, 0.3) is 0 Å². The molecule has 4 aromatic carbocycles. The Morgan fingerprint density at radius 1 is 0.667 bits per heavy atom. The zero-order valence-corrected chi connectivity index (χ0v) is 20.4. The van der Waals surface area contributed by atoms with Crippen LogP contribution in [0.2, 0.25) is 0 Å². The fraction of sp³-hybridized carbons (Fsp3) is 0.133. The highest BCUT2D eigenvalue weighted by Gasteiger charge is 2.29. The maximum Gasteiger partial charge on any atom is 0.419 e. The van der Waals surface area contributed by atoms with Gasteiger partial charge in [-0.25, -0.2) is 26.3 Å². The van der Waals surface area contributed by atoms with Gasteiger partial charge in [-0.2, -0.15) is 8.78 Å². The van der Waals surface area contributed by atoms with E-state index in [1.54, 1.807) is 24.3 Å². The molecule has 202 valence electrons. The quantitative estimate of drug-likeness (QED) is 0.157. The summed E-state index contributed by atoms with van der Waals surface area (Å²) >= 11 is 0. The van der Waals surface area contributed by atoms with Gasteiger partial charge in [0.2, 0.25) is 0 Å². The average Bonchev–Trinajstić information content (AvgIpc) is 2.88. The number of hydrogen-bond acceptors (Lipinski definition) is 1. The van der Waals surface area contributed by atoms with Crippen molar-refractivity contribution >= 4 is 6.08 Å². The summed E-state index contributed by atoms with van der Waals surface area (Å²) < 4.78 is 117. The van der Waals surface area contributed by atoms with Crippen LogP contribution < -0.4 is 4.74 Å². The predicted octanol–water partition coefficient (Wildman–Crippen LogP) is 9.49. The maximum absolute atomic E-state index is 14.7. The highest BCUT2D eigenvalue weighted by atomic mass is 19.3. The zero-order chi connectivity index (χ0) is 28.3. The first-order valence-corrected chi connectivity index (χ1v) is 11.8. The lowest BCUT2D eigenvalue weighted by molar-refractivity contribution is -0.131. The lowest BCUT2D eigenvalue weighted by atomic mass is 10.00. The van der Waals surface area contributed by atoms with E-state index >= 15 is 0 Å². The SMILES string of the molecule is CCCc1ccc(-c2ccc(/C=C/C(F)(F)Oc3ccc(-c4cc(F)c(F)c(F)c4)c(F)c3)c(F)c2F)cc1. The molecule has 0 spiro atoms. The molecule has 9 heteroatoms. The molecule has 0 aliphatic heterocycles. The van der Waals surface area contributed by atoms with Crippen LogP contribution in [0.1, 0.15) is 24.5 Å². The molecule has 0 aliphatic carbocycles. The third kappa shape index (κ3) is 6.30. The molecule has 1 nitrogen and oxygen atoms in total. The normalized spacial score (nSPS) is 11.8. The van der Waals surface area contributed by atoms with Gasteiger partial charge in [-0.1, -0.05) is 49.7 Å². The van der Waals surface area contributed by atoms with Gasteiger partial charge in [0, 0.05) is 28.8 Å². The van der Waals surface area contributed by atoms with Crippen molar-refractivity contribution < 1.29 is 39.9 Å². The molecule has 0 saturated heterocycles. The lowest BCUT2D eigenvalue weighted by Gasteiger charge is -2.15.